The molecular weight excluding hydrogens is 354 g/mol. The Morgan fingerprint density at radius 1 is 1.32 bits per heavy atom. The Labute approximate surface area is 124 Å². The second-order valence-electron chi connectivity index (χ2n) is 3.71. The molecule has 5 nitrogen and oxygen atoms in total. The van der Waals surface area contributed by atoms with E-state index in [0.29, 0.717) is 15.2 Å². The molecule has 0 aliphatic rings. The number of H-pyrrole nitrogens is 1. The van der Waals surface area contributed by atoms with Crippen LogP contribution >= 0.6 is 27.5 Å². The molecule has 0 spiro atoms. The minimum Gasteiger partial charge on any atom is -0.286 e. The molecule has 0 amide bonds. The van der Waals surface area contributed by atoms with Gasteiger partial charge in [0.1, 0.15) is 6.20 Å². The maximum absolute atomic E-state index is 12.2. The average molecular weight is 364 g/mol. The van der Waals surface area contributed by atoms with Gasteiger partial charge in [0.25, 0.3) is 15.8 Å². The molecule has 19 heavy (non-hydrogen) atoms. The smallest absolute Gasteiger partial charge is 0.286 e. The molecule has 0 aliphatic carbocycles. The van der Waals surface area contributed by atoms with E-state index in [1.165, 1.54) is 12.1 Å². The fourth-order valence-electron chi connectivity index (χ4n) is 1.45. The predicted molar refractivity (Wildman–Crippen MR) is 77.4 cm³/mol. The van der Waals surface area contributed by atoms with Crippen molar-refractivity contribution in [1.29, 1.82) is 0 Å². The fraction of sp³-hybridized carbons (Fsp3) is 0. The lowest BCUT2D eigenvalue weighted by atomic mass is 10.3. The zero-order valence-corrected chi connectivity index (χ0v) is 12.7. The summed E-state index contributed by atoms with van der Waals surface area (Å²) >= 11 is 8.99. The van der Waals surface area contributed by atoms with Gasteiger partial charge in [0.15, 0.2) is 4.90 Å². The van der Waals surface area contributed by atoms with E-state index in [1.807, 2.05) is 0 Å². The van der Waals surface area contributed by atoms with E-state index in [0.717, 1.165) is 0 Å². The third-order valence-electron chi connectivity index (χ3n) is 2.27. The van der Waals surface area contributed by atoms with Crippen molar-refractivity contribution in [3.05, 3.63) is 46.0 Å². The van der Waals surface area contributed by atoms with Gasteiger partial charge < -0.3 is 0 Å². The number of aromatic amines is 1. The first-order valence-electron chi connectivity index (χ1n) is 5.13. The molecule has 0 atom stereocenters. The first-order valence-corrected chi connectivity index (χ1v) is 7.79. The van der Waals surface area contributed by atoms with Crippen LogP contribution in [0.15, 0.2) is 45.9 Å². The minimum atomic E-state index is -3.78. The van der Waals surface area contributed by atoms with Crippen LogP contribution < -0.4 is 15.4 Å². The van der Waals surface area contributed by atoms with Gasteiger partial charge in [-0.1, -0.05) is 17.7 Å². The first-order chi connectivity index (χ1) is 8.88. The monoisotopic (exact) mass is 362 g/mol. The number of halogens is 2. The lowest BCUT2D eigenvalue weighted by molar-refractivity contribution is -0.363. The van der Waals surface area contributed by atoms with Gasteiger partial charge in [-0.15, -0.1) is 0 Å². The summed E-state index contributed by atoms with van der Waals surface area (Å²) in [5, 5.41) is 0.439. The molecule has 0 bridgehead atoms. The summed E-state index contributed by atoms with van der Waals surface area (Å²) in [4.78, 5) is 2.62. The molecule has 1 heterocycles. The summed E-state index contributed by atoms with van der Waals surface area (Å²) < 4.78 is 27.4. The molecular formula is C11H10BrClN3O2S+. The number of aromatic nitrogens is 1. The summed E-state index contributed by atoms with van der Waals surface area (Å²) in [6.45, 7) is 0. The Balaban J connectivity index is 2.40. The second kappa shape index (κ2) is 5.36. The van der Waals surface area contributed by atoms with Crippen molar-refractivity contribution in [2.45, 2.75) is 4.90 Å². The van der Waals surface area contributed by atoms with Gasteiger partial charge >= 0.3 is 0 Å². The van der Waals surface area contributed by atoms with Crippen molar-refractivity contribution in [3.63, 3.8) is 0 Å². The van der Waals surface area contributed by atoms with Gasteiger partial charge in [0.2, 0.25) is 0 Å². The summed E-state index contributed by atoms with van der Waals surface area (Å²) in [6.07, 6.45) is 1.55. The number of anilines is 2. The van der Waals surface area contributed by atoms with Crippen molar-refractivity contribution < 1.29 is 13.4 Å². The quantitative estimate of drug-likeness (QED) is 0.877. The number of sulfonamides is 1. The van der Waals surface area contributed by atoms with Crippen LogP contribution in [-0.4, -0.2) is 8.42 Å². The van der Waals surface area contributed by atoms with Crippen molar-refractivity contribution in [2.24, 2.45) is 0 Å². The molecule has 0 unspecified atom stereocenters. The zero-order valence-electron chi connectivity index (χ0n) is 9.52. The van der Waals surface area contributed by atoms with Gasteiger partial charge in [-0.2, -0.15) is 0 Å². The minimum absolute atomic E-state index is 0.0400. The molecule has 100 valence electrons. The summed E-state index contributed by atoms with van der Waals surface area (Å²) in [7, 11) is -3.78. The van der Waals surface area contributed by atoms with Crippen LogP contribution in [-0.2, 0) is 10.0 Å². The van der Waals surface area contributed by atoms with Crippen LogP contribution in [0.3, 0.4) is 0 Å². The molecule has 8 heteroatoms. The van der Waals surface area contributed by atoms with Crippen molar-refractivity contribution >= 4 is 49.1 Å². The van der Waals surface area contributed by atoms with E-state index in [9.17, 15) is 8.42 Å². The largest absolute Gasteiger partial charge is 0.291 e. The predicted octanol–water partition coefficient (Wildman–Crippen LogP) is 2.30. The van der Waals surface area contributed by atoms with E-state index >= 15 is 0 Å². The van der Waals surface area contributed by atoms with Crippen molar-refractivity contribution in [1.82, 2.24) is 0 Å². The van der Waals surface area contributed by atoms with Gasteiger partial charge in [-0.05, 0) is 40.2 Å². The lowest BCUT2D eigenvalue weighted by Crippen LogP contribution is -2.20. The van der Waals surface area contributed by atoms with E-state index in [1.54, 1.807) is 24.4 Å². The topological polar surface area (TPSA) is 86.3 Å². The summed E-state index contributed by atoms with van der Waals surface area (Å²) in [6, 6.07) is 7.83. The maximum atomic E-state index is 12.2. The van der Waals surface area contributed by atoms with Gasteiger partial charge in [0.05, 0.1) is 10.2 Å². The number of rotatable bonds is 3. The number of hydrogen-bond donors (Lipinski definition) is 2. The number of nitrogen functional groups attached to an aromatic ring is 1. The fourth-order valence-corrected chi connectivity index (χ4v) is 3.31. The highest BCUT2D eigenvalue weighted by molar-refractivity contribution is 9.10. The Kier molecular flexibility index (Phi) is 3.98. The molecule has 0 radical (unpaired) electrons. The van der Waals surface area contributed by atoms with Crippen LogP contribution in [0.5, 0.6) is 0 Å². The maximum Gasteiger partial charge on any atom is 0.291 e. The summed E-state index contributed by atoms with van der Waals surface area (Å²) in [5.41, 5.74) is 6.00. The molecule has 0 saturated carbocycles. The number of hydrogen-bond acceptors (Lipinski definition) is 3. The standard InChI is InChI=1S/C11H9BrClN3O2S/c12-7-4-10(11(14)15-6-7)19(17,18)16-9-3-1-2-8(13)5-9/h1-6,16H,(H2,14,15)/p+1. The average Bonchev–Trinajstić information content (AvgIpc) is 2.31. The number of pyridine rings is 1. The Bertz CT molecular complexity index is 722. The third-order valence-corrected chi connectivity index (χ3v) is 4.38. The summed E-state index contributed by atoms with van der Waals surface area (Å²) in [5.74, 6) is 0.0535. The van der Waals surface area contributed by atoms with Gasteiger partial charge in [-0.25, -0.2) is 13.4 Å². The SMILES string of the molecule is Nc1[nH+]cc(Br)cc1S(=O)(=O)Nc1cccc(Cl)c1. The molecule has 1 aromatic heterocycles. The van der Waals surface area contributed by atoms with Gasteiger partial charge in [-0.3, -0.25) is 10.5 Å². The first kappa shape index (κ1) is 14.1. The van der Waals surface area contributed by atoms with Gasteiger partial charge in [0, 0.05) is 5.02 Å². The number of benzene rings is 1. The van der Waals surface area contributed by atoms with Crippen LogP contribution in [0.1, 0.15) is 0 Å². The molecule has 2 rings (SSSR count). The highest BCUT2D eigenvalue weighted by atomic mass is 79.9. The van der Waals surface area contributed by atoms with E-state index < -0.39 is 10.0 Å². The van der Waals surface area contributed by atoms with Crippen LogP contribution in [0.25, 0.3) is 0 Å². The molecule has 0 aliphatic heterocycles. The number of nitrogens with one attached hydrogen (secondary N) is 2. The van der Waals surface area contributed by atoms with Crippen LogP contribution in [0, 0.1) is 0 Å². The Morgan fingerprint density at radius 2 is 2.05 bits per heavy atom. The Morgan fingerprint density at radius 3 is 2.74 bits per heavy atom. The highest BCUT2D eigenvalue weighted by Gasteiger charge is 2.22. The molecule has 0 saturated heterocycles. The highest BCUT2D eigenvalue weighted by Crippen LogP contribution is 2.22. The normalized spacial score (nSPS) is 11.3. The van der Waals surface area contributed by atoms with E-state index in [-0.39, 0.29) is 10.7 Å². The molecule has 0 fully saturated rings. The number of nitrogens with two attached hydrogens (primary N) is 1. The van der Waals surface area contributed by atoms with Crippen molar-refractivity contribution in [2.75, 3.05) is 10.5 Å². The Hall–Kier alpha value is -1.31. The molecule has 1 aromatic carbocycles. The van der Waals surface area contributed by atoms with Crippen molar-refractivity contribution in [3.8, 4) is 0 Å². The van der Waals surface area contributed by atoms with Crippen LogP contribution in [0.2, 0.25) is 5.02 Å². The van der Waals surface area contributed by atoms with E-state index in [2.05, 4.69) is 25.6 Å². The van der Waals surface area contributed by atoms with Crippen LogP contribution in [0.4, 0.5) is 11.5 Å². The zero-order chi connectivity index (χ0) is 14.0. The lowest BCUT2D eigenvalue weighted by Gasteiger charge is -2.08. The van der Waals surface area contributed by atoms with E-state index in [4.69, 9.17) is 17.3 Å². The molecule has 4 N–H and O–H groups in total. The second-order valence-corrected chi connectivity index (χ2v) is 6.71. The molecule has 2 aromatic rings. The third kappa shape index (κ3) is 3.37.